The van der Waals surface area contributed by atoms with Crippen LogP contribution in [0.25, 0.3) is 0 Å². The second-order valence-corrected chi connectivity index (χ2v) is 4.38. The Morgan fingerprint density at radius 1 is 1.32 bits per heavy atom. The Hall–Kier alpha value is -1.92. The first-order chi connectivity index (χ1) is 9.10. The van der Waals surface area contributed by atoms with Crippen molar-refractivity contribution in [1.29, 1.82) is 0 Å². The van der Waals surface area contributed by atoms with Gasteiger partial charge >= 0.3 is 5.97 Å². The van der Waals surface area contributed by atoms with Gasteiger partial charge in [-0.2, -0.15) is 0 Å². The Labute approximate surface area is 110 Å². The Bertz CT molecular complexity index is 488. The number of hydrogen-bond donors (Lipinski definition) is 3. The zero-order valence-electron chi connectivity index (χ0n) is 10.2. The third kappa shape index (κ3) is 3.30. The van der Waals surface area contributed by atoms with Crippen LogP contribution in [0.5, 0.6) is 0 Å². The maximum atomic E-state index is 11.9. The van der Waals surface area contributed by atoms with E-state index in [1.165, 1.54) is 0 Å². The highest BCUT2D eigenvalue weighted by atomic mass is 16.5. The number of carboxylic acid groups (broad SMARTS) is 1. The number of nitrogens with one attached hydrogen (secondary N) is 1. The molecule has 1 saturated heterocycles. The van der Waals surface area contributed by atoms with Crippen LogP contribution in [0.15, 0.2) is 24.3 Å². The zero-order valence-corrected chi connectivity index (χ0v) is 10.2. The standard InChI is InChI=1S/C13H15NO5/c15-7-8-2-1-3-9(6-8)14-12(16)10-4-5-11(19-10)13(17)18/h1-3,6,10-11,15H,4-5,7H2,(H,14,16)(H,17,18). The number of rotatable bonds is 4. The molecule has 0 aliphatic carbocycles. The van der Waals surface area contributed by atoms with Crippen LogP contribution in [0.2, 0.25) is 0 Å². The van der Waals surface area contributed by atoms with Gasteiger partial charge in [0.05, 0.1) is 6.61 Å². The Morgan fingerprint density at radius 3 is 2.68 bits per heavy atom. The predicted molar refractivity (Wildman–Crippen MR) is 66.5 cm³/mol. The number of aliphatic hydroxyl groups excluding tert-OH is 1. The summed E-state index contributed by atoms with van der Waals surface area (Å²) >= 11 is 0. The van der Waals surface area contributed by atoms with E-state index in [0.29, 0.717) is 24.1 Å². The molecule has 102 valence electrons. The molecular weight excluding hydrogens is 250 g/mol. The van der Waals surface area contributed by atoms with Crippen LogP contribution in [0.4, 0.5) is 5.69 Å². The van der Waals surface area contributed by atoms with Crippen LogP contribution < -0.4 is 5.32 Å². The summed E-state index contributed by atoms with van der Waals surface area (Å²) < 4.78 is 5.15. The van der Waals surface area contributed by atoms with E-state index in [0.717, 1.165) is 0 Å². The molecule has 1 heterocycles. The van der Waals surface area contributed by atoms with Gasteiger partial charge in [0.25, 0.3) is 5.91 Å². The number of carboxylic acids is 1. The summed E-state index contributed by atoms with van der Waals surface area (Å²) in [6, 6.07) is 6.81. The van der Waals surface area contributed by atoms with Crippen LogP contribution >= 0.6 is 0 Å². The van der Waals surface area contributed by atoms with Crippen LogP contribution in [0.1, 0.15) is 18.4 Å². The molecule has 3 N–H and O–H groups in total. The van der Waals surface area contributed by atoms with E-state index < -0.39 is 18.2 Å². The number of ether oxygens (including phenoxy) is 1. The number of carbonyl (C=O) groups excluding carboxylic acids is 1. The molecule has 1 aromatic carbocycles. The lowest BCUT2D eigenvalue weighted by Gasteiger charge is -2.12. The number of aliphatic carboxylic acids is 1. The number of anilines is 1. The third-order valence-electron chi connectivity index (χ3n) is 2.96. The van der Waals surface area contributed by atoms with Crippen molar-refractivity contribution in [2.24, 2.45) is 0 Å². The molecule has 1 fully saturated rings. The minimum absolute atomic E-state index is 0.106. The number of amides is 1. The van der Waals surface area contributed by atoms with Crippen LogP contribution in [0.3, 0.4) is 0 Å². The average Bonchev–Trinajstić information content (AvgIpc) is 2.89. The number of aliphatic hydroxyl groups is 1. The fourth-order valence-electron chi connectivity index (χ4n) is 1.98. The largest absolute Gasteiger partial charge is 0.479 e. The highest BCUT2D eigenvalue weighted by Crippen LogP contribution is 2.21. The Balaban J connectivity index is 1.96. The molecule has 0 aromatic heterocycles. The summed E-state index contributed by atoms with van der Waals surface area (Å²) in [7, 11) is 0. The average molecular weight is 265 g/mol. The third-order valence-corrected chi connectivity index (χ3v) is 2.96. The van der Waals surface area contributed by atoms with Crippen LogP contribution in [-0.2, 0) is 20.9 Å². The SMILES string of the molecule is O=C(O)C1CCC(C(=O)Nc2cccc(CO)c2)O1. The normalized spacial score (nSPS) is 22.2. The van der Waals surface area contributed by atoms with Gasteiger partial charge < -0.3 is 20.3 Å². The molecule has 1 aliphatic heterocycles. The minimum Gasteiger partial charge on any atom is -0.479 e. The number of carbonyl (C=O) groups is 2. The lowest BCUT2D eigenvalue weighted by molar-refractivity contribution is -0.150. The fourth-order valence-corrected chi connectivity index (χ4v) is 1.98. The van der Waals surface area contributed by atoms with Crippen molar-refractivity contribution in [1.82, 2.24) is 0 Å². The molecule has 1 aliphatic rings. The molecule has 0 radical (unpaired) electrons. The van der Waals surface area contributed by atoms with Gasteiger partial charge in [-0.05, 0) is 30.5 Å². The lowest BCUT2D eigenvalue weighted by Crippen LogP contribution is -2.29. The Kier molecular flexibility index (Phi) is 4.13. The molecule has 2 unspecified atom stereocenters. The molecule has 6 heteroatoms. The van der Waals surface area contributed by atoms with Crippen molar-refractivity contribution >= 4 is 17.6 Å². The van der Waals surface area contributed by atoms with Crippen LogP contribution in [0, 0.1) is 0 Å². The summed E-state index contributed by atoms with van der Waals surface area (Å²) in [5, 5.41) is 20.4. The highest BCUT2D eigenvalue weighted by molar-refractivity contribution is 5.94. The van der Waals surface area contributed by atoms with Gasteiger partial charge in [-0.3, -0.25) is 4.79 Å². The monoisotopic (exact) mass is 265 g/mol. The van der Waals surface area contributed by atoms with Gasteiger partial charge in [0.15, 0.2) is 6.10 Å². The maximum absolute atomic E-state index is 11.9. The Morgan fingerprint density at radius 2 is 2.05 bits per heavy atom. The number of benzene rings is 1. The van der Waals surface area contributed by atoms with E-state index in [-0.39, 0.29) is 12.5 Å². The molecule has 6 nitrogen and oxygen atoms in total. The second kappa shape index (κ2) is 5.81. The van der Waals surface area contributed by atoms with Crippen molar-refractivity contribution in [3.05, 3.63) is 29.8 Å². The summed E-state index contributed by atoms with van der Waals surface area (Å²) in [5.41, 5.74) is 1.24. The van der Waals surface area contributed by atoms with Crippen molar-refractivity contribution < 1.29 is 24.5 Å². The molecule has 19 heavy (non-hydrogen) atoms. The quantitative estimate of drug-likeness (QED) is 0.746. The molecular formula is C13H15NO5. The maximum Gasteiger partial charge on any atom is 0.332 e. The first kappa shape index (κ1) is 13.5. The van der Waals surface area contributed by atoms with Gasteiger partial charge in [-0.1, -0.05) is 12.1 Å². The summed E-state index contributed by atoms with van der Waals surface area (Å²) in [6.07, 6.45) is -0.912. The van der Waals surface area contributed by atoms with Gasteiger partial charge in [-0.25, -0.2) is 4.79 Å². The van der Waals surface area contributed by atoms with Crippen molar-refractivity contribution in [2.45, 2.75) is 31.7 Å². The van der Waals surface area contributed by atoms with Gasteiger partial charge in [0.1, 0.15) is 6.10 Å². The second-order valence-electron chi connectivity index (χ2n) is 4.38. The molecule has 1 aromatic rings. The van der Waals surface area contributed by atoms with E-state index in [1.54, 1.807) is 24.3 Å². The molecule has 1 amide bonds. The highest BCUT2D eigenvalue weighted by Gasteiger charge is 2.34. The first-order valence-electron chi connectivity index (χ1n) is 5.99. The van der Waals surface area contributed by atoms with E-state index in [9.17, 15) is 9.59 Å². The van der Waals surface area contributed by atoms with Crippen LogP contribution in [-0.4, -0.2) is 34.3 Å². The van der Waals surface area contributed by atoms with Crippen molar-refractivity contribution in [3.63, 3.8) is 0 Å². The van der Waals surface area contributed by atoms with E-state index in [1.807, 2.05) is 0 Å². The molecule has 0 saturated carbocycles. The summed E-state index contributed by atoms with van der Waals surface area (Å²) in [5.74, 6) is -1.41. The smallest absolute Gasteiger partial charge is 0.332 e. The van der Waals surface area contributed by atoms with Gasteiger partial charge in [-0.15, -0.1) is 0 Å². The summed E-state index contributed by atoms with van der Waals surface area (Å²) in [4.78, 5) is 22.6. The van der Waals surface area contributed by atoms with Crippen molar-refractivity contribution in [3.8, 4) is 0 Å². The molecule has 2 rings (SSSR count). The minimum atomic E-state index is -1.04. The fraction of sp³-hybridized carbons (Fsp3) is 0.385. The molecule has 2 atom stereocenters. The lowest BCUT2D eigenvalue weighted by atomic mass is 10.1. The van der Waals surface area contributed by atoms with E-state index >= 15 is 0 Å². The number of hydrogen-bond acceptors (Lipinski definition) is 4. The molecule has 0 spiro atoms. The topological polar surface area (TPSA) is 95.9 Å². The van der Waals surface area contributed by atoms with Gasteiger partial charge in [0.2, 0.25) is 0 Å². The molecule has 0 bridgehead atoms. The zero-order chi connectivity index (χ0) is 13.8. The van der Waals surface area contributed by atoms with Crippen molar-refractivity contribution in [2.75, 3.05) is 5.32 Å². The predicted octanol–water partition coefficient (Wildman–Crippen LogP) is 0.750. The summed E-state index contributed by atoms with van der Waals surface area (Å²) in [6.45, 7) is -0.106. The van der Waals surface area contributed by atoms with E-state index in [4.69, 9.17) is 14.9 Å². The van der Waals surface area contributed by atoms with Gasteiger partial charge in [0, 0.05) is 5.69 Å². The van der Waals surface area contributed by atoms with E-state index in [2.05, 4.69) is 5.32 Å². The first-order valence-corrected chi connectivity index (χ1v) is 5.99.